The number of ketones is 2. The average molecular weight is 296 g/mol. The molecule has 0 amide bonds. The third-order valence-electron chi connectivity index (χ3n) is 2.58. The van der Waals surface area contributed by atoms with Crippen molar-refractivity contribution in [3.63, 3.8) is 0 Å². The summed E-state index contributed by atoms with van der Waals surface area (Å²) < 4.78 is 31.9. The molecule has 0 radical (unpaired) electrons. The van der Waals surface area contributed by atoms with E-state index in [-0.39, 0.29) is 18.0 Å². The molecule has 0 aliphatic rings. The van der Waals surface area contributed by atoms with Crippen molar-refractivity contribution in [2.24, 2.45) is 0 Å². The fourth-order valence-corrected chi connectivity index (χ4v) is 1.64. The Bertz CT molecular complexity index is 687. The van der Waals surface area contributed by atoms with Gasteiger partial charge >= 0.3 is 0 Å². The molecule has 0 saturated carbocycles. The number of carbonyl (C=O) groups is 2. The maximum absolute atomic E-state index is 13.5. The number of benzene rings is 1. The first-order valence-corrected chi connectivity index (χ1v) is 5.79. The Hall–Kier alpha value is -2.55. The summed E-state index contributed by atoms with van der Waals surface area (Å²) in [5.41, 5.74) is -0.308. The molecule has 1 aromatic carbocycles. The van der Waals surface area contributed by atoms with Crippen LogP contribution >= 0.6 is 0 Å². The number of Topliss-reactive ketones (excluding diaryl/α,β-unsaturated/α-hetero) is 2. The first kappa shape index (κ1) is 14.9. The minimum atomic E-state index is -0.988. The smallest absolute Gasteiger partial charge is 0.227 e. The van der Waals surface area contributed by atoms with Gasteiger partial charge in [0, 0.05) is 13.2 Å². The number of nitrogens with zero attached hydrogens (tertiary/aromatic N) is 4. The molecular formula is C12H10F2N4O3. The molecule has 0 aliphatic carbocycles. The summed E-state index contributed by atoms with van der Waals surface area (Å²) in [6.07, 6.45) is 0. The summed E-state index contributed by atoms with van der Waals surface area (Å²) in [5.74, 6) is -3.16. The summed E-state index contributed by atoms with van der Waals surface area (Å²) in [4.78, 5) is 23.6. The Morgan fingerprint density at radius 2 is 2.05 bits per heavy atom. The van der Waals surface area contributed by atoms with Crippen molar-refractivity contribution in [2.75, 3.05) is 13.7 Å². The Labute approximate surface area is 117 Å². The van der Waals surface area contributed by atoms with E-state index in [0.29, 0.717) is 6.07 Å². The number of methoxy groups -OCH3 is 1. The third kappa shape index (κ3) is 3.31. The van der Waals surface area contributed by atoms with Crippen molar-refractivity contribution in [3.8, 4) is 0 Å². The van der Waals surface area contributed by atoms with E-state index in [1.165, 1.54) is 7.11 Å². The molecular weight excluding hydrogens is 286 g/mol. The largest absolute Gasteiger partial charge is 0.376 e. The van der Waals surface area contributed by atoms with Crippen molar-refractivity contribution >= 4 is 11.6 Å². The molecule has 7 nitrogen and oxygen atoms in total. The average Bonchev–Trinajstić information content (AvgIpc) is 2.87. The van der Waals surface area contributed by atoms with Crippen molar-refractivity contribution in [3.05, 3.63) is 41.2 Å². The van der Waals surface area contributed by atoms with E-state index in [0.717, 1.165) is 16.8 Å². The Balaban J connectivity index is 2.20. The van der Waals surface area contributed by atoms with Crippen LogP contribution in [0.5, 0.6) is 0 Å². The van der Waals surface area contributed by atoms with Gasteiger partial charge in [-0.1, -0.05) is 0 Å². The highest BCUT2D eigenvalue weighted by Crippen LogP contribution is 2.11. The van der Waals surface area contributed by atoms with Gasteiger partial charge in [-0.3, -0.25) is 9.59 Å². The van der Waals surface area contributed by atoms with Crippen LogP contribution in [-0.4, -0.2) is 45.5 Å². The molecule has 110 valence electrons. The van der Waals surface area contributed by atoms with Crippen LogP contribution in [0.2, 0.25) is 0 Å². The second kappa shape index (κ2) is 6.27. The Kier molecular flexibility index (Phi) is 4.43. The molecule has 2 rings (SSSR count). The lowest BCUT2D eigenvalue weighted by molar-refractivity contribution is 0.0829. The van der Waals surface area contributed by atoms with Crippen LogP contribution in [0.3, 0.4) is 0 Å². The number of carbonyl (C=O) groups excluding carboxylic acids is 2. The van der Waals surface area contributed by atoms with Gasteiger partial charge in [0.1, 0.15) is 24.8 Å². The van der Waals surface area contributed by atoms with Crippen molar-refractivity contribution in [1.82, 2.24) is 20.2 Å². The van der Waals surface area contributed by atoms with Gasteiger partial charge in [0.05, 0.1) is 5.56 Å². The fourth-order valence-electron chi connectivity index (χ4n) is 1.64. The molecule has 0 saturated heterocycles. The van der Waals surface area contributed by atoms with Crippen LogP contribution in [0.25, 0.3) is 0 Å². The second-order valence-electron chi connectivity index (χ2n) is 4.06. The van der Waals surface area contributed by atoms with Crippen LogP contribution in [-0.2, 0) is 11.3 Å². The molecule has 0 unspecified atom stereocenters. The molecule has 0 bridgehead atoms. The van der Waals surface area contributed by atoms with E-state index in [2.05, 4.69) is 20.3 Å². The van der Waals surface area contributed by atoms with E-state index in [1.54, 1.807) is 0 Å². The Morgan fingerprint density at radius 3 is 2.71 bits per heavy atom. The molecule has 21 heavy (non-hydrogen) atoms. The number of hydrogen-bond acceptors (Lipinski definition) is 6. The minimum absolute atomic E-state index is 0.173. The SMILES string of the molecule is COCC(=O)c1nnnn1CC(=O)c1ccc(F)cc1F. The lowest BCUT2D eigenvalue weighted by Gasteiger charge is -2.04. The lowest BCUT2D eigenvalue weighted by atomic mass is 10.1. The van der Waals surface area contributed by atoms with Gasteiger partial charge in [-0.25, -0.2) is 13.5 Å². The maximum atomic E-state index is 13.5. The summed E-state index contributed by atoms with van der Waals surface area (Å²) in [6.45, 7) is -0.695. The van der Waals surface area contributed by atoms with Gasteiger partial charge in [0.25, 0.3) is 0 Å². The van der Waals surface area contributed by atoms with E-state index < -0.39 is 29.7 Å². The lowest BCUT2D eigenvalue weighted by Crippen LogP contribution is -2.20. The van der Waals surface area contributed by atoms with E-state index >= 15 is 0 Å². The zero-order chi connectivity index (χ0) is 15.4. The molecule has 0 spiro atoms. The van der Waals surface area contributed by atoms with E-state index in [9.17, 15) is 18.4 Å². The number of tetrazole rings is 1. The number of halogens is 2. The van der Waals surface area contributed by atoms with Crippen molar-refractivity contribution < 1.29 is 23.1 Å². The van der Waals surface area contributed by atoms with Crippen molar-refractivity contribution in [1.29, 1.82) is 0 Å². The van der Waals surface area contributed by atoms with Gasteiger partial charge in [-0.15, -0.1) is 5.10 Å². The summed E-state index contributed by atoms with van der Waals surface area (Å²) in [7, 11) is 1.32. The third-order valence-corrected chi connectivity index (χ3v) is 2.58. The molecule has 2 aromatic rings. The second-order valence-corrected chi connectivity index (χ2v) is 4.06. The standard InChI is InChI=1S/C12H10F2N4O3/c1-21-6-11(20)12-15-16-17-18(12)5-10(19)8-3-2-7(13)4-9(8)14/h2-4H,5-6H2,1H3. The molecule has 0 N–H and O–H groups in total. The number of ether oxygens (including phenoxy) is 1. The highest BCUT2D eigenvalue weighted by Gasteiger charge is 2.19. The van der Waals surface area contributed by atoms with E-state index in [4.69, 9.17) is 0 Å². The number of aromatic nitrogens is 4. The fraction of sp³-hybridized carbons (Fsp3) is 0.250. The highest BCUT2D eigenvalue weighted by atomic mass is 19.1. The molecule has 0 fully saturated rings. The number of hydrogen-bond donors (Lipinski definition) is 0. The molecule has 1 aromatic heterocycles. The predicted molar refractivity (Wildman–Crippen MR) is 64.7 cm³/mol. The molecule has 0 atom stereocenters. The monoisotopic (exact) mass is 296 g/mol. The quantitative estimate of drug-likeness (QED) is 0.728. The topological polar surface area (TPSA) is 87.0 Å². The van der Waals surface area contributed by atoms with Crippen molar-refractivity contribution in [2.45, 2.75) is 6.54 Å². The zero-order valence-electron chi connectivity index (χ0n) is 10.9. The van der Waals surface area contributed by atoms with Crippen LogP contribution < -0.4 is 0 Å². The van der Waals surface area contributed by atoms with Gasteiger partial charge in [0.2, 0.25) is 11.6 Å². The maximum Gasteiger partial charge on any atom is 0.227 e. The number of rotatable bonds is 6. The first-order chi connectivity index (χ1) is 10.0. The van der Waals surface area contributed by atoms with E-state index in [1.807, 2.05) is 0 Å². The van der Waals surface area contributed by atoms with Gasteiger partial charge < -0.3 is 4.74 Å². The first-order valence-electron chi connectivity index (χ1n) is 5.79. The van der Waals surface area contributed by atoms with Gasteiger partial charge in [-0.2, -0.15) is 0 Å². The molecule has 0 aliphatic heterocycles. The molecule has 1 heterocycles. The van der Waals surface area contributed by atoms with Crippen LogP contribution in [0, 0.1) is 11.6 Å². The van der Waals surface area contributed by atoms with Gasteiger partial charge in [-0.05, 0) is 22.6 Å². The highest BCUT2D eigenvalue weighted by molar-refractivity contribution is 5.97. The summed E-state index contributed by atoms with van der Waals surface area (Å²) in [5, 5.41) is 10.3. The van der Waals surface area contributed by atoms with Crippen LogP contribution in [0.15, 0.2) is 18.2 Å². The van der Waals surface area contributed by atoms with Crippen LogP contribution in [0.1, 0.15) is 21.0 Å². The zero-order valence-corrected chi connectivity index (χ0v) is 10.9. The Morgan fingerprint density at radius 1 is 1.29 bits per heavy atom. The normalized spacial score (nSPS) is 10.6. The minimum Gasteiger partial charge on any atom is -0.376 e. The van der Waals surface area contributed by atoms with Crippen LogP contribution in [0.4, 0.5) is 8.78 Å². The predicted octanol–water partition coefficient (Wildman–Crippen LogP) is 0.663. The van der Waals surface area contributed by atoms with Gasteiger partial charge in [0.15, 0.2) is 5.78 Å². The summed E-state index contributed by atoms with van der Waals surface area (Å²) in [6, 6.07) is 2.59. The summed E-state index contributed by atoms with van der Waals surface area (Å²) >= 11 is 0. The molecule has 9 heteroatoms.